The minimum Gasteiger partial charge on any atom is -0.357 e. The summed E-state index contributed by atoms with van der Waals surface area (Å²) in [6.07, 6.45) is 9.82. The first-order valence-corrected chi connectivity index (χ1v) is 11.7. The number of nitrogens with zero attached hydrogens (tertiary/aromatic N) is 3. The van der Waals surface area contributed by atoms with Crippen LogP contribution in [-0.4, -0.2) is 73.5 Å². The lowest BCUT2D eigenvalue weighted by Gasteiger charge is -2.35. The van der Waals surface area contributed by atoms with Gasteiger partial charge in [0.25, 0.3) is 0 Å². The lowest BCUT2D eigenvalue weighted by Crippen LogP contribution is -2.50. The molecule has 29 heavy (non-hydrogen) atoms. The topological polar surface area (TPSA) is 60.0 Å². The van der Waals surface area contributed by atoms with E-state index in [9.17, 15) is 4.79 Å². The molecule has 3 aliphatic rings. The number of carbonyl (C=O) groups is 1. The first-order valence-electron chi connectivity index (χ1n) is 11.7. The van der Waals surface area contributed by atoms with Gasteiger partial charge in [0, 0.05) is 51.2 Å². The van der Waals surface area contributed by atoms with E-state index in [1.807, 2.05) is 0 Å². The van der Waals surface area contributed by atoms with E-state index in [2.05, 4.69) is 34.3 Å². The fourth-order valence-corrected chi connectivity index (χ4v) is 4.84. The molecule has 3 fully saturated rings. The van der Waals surface area contributed by atoms with Crippen molar-refractivity contribution in [3.8, 4) is 0 Å². The molecule has 1 heterocycles. The van der Waals surface area contributed by atoms with Crippen LogP contribution in [0, 0.1) is 11.8 Å². The number of halogens is 1. The number of hydrogen-bond donors (Lipinski definition) is 2. The molecule has 3 rings (SSSR count). The average Bonchev–Trinajstić information content (AvgIpc) is 3.25. The van der Waals surface area contributed by atoms with Crippen molar-refractivity contribution in [3.05, 3.63) is 0 Å². The van der Waals surface area contributed by atoms with E-state index < -0.39 is 0 Å². The zero-order valence-electron chi connectivity index (χ0n) is 18.5. The second-order valence-electron chi connectivity index (χ2n) is 9.01. The van der Waals surface area contributed by atoms with Gasteiger partial charge in [-0.05, 0) is 51.4 Å². The first-order chi connectivity index (χ1) is 13.7. The molecule has 0 aromatic rings. The predicted octanol–water partition coefficient (Wildman–Crippen LogP) is 3.07. The minimum atomic E-state index is 0. The van der Waals surface area contributed by atoms with Gasteiger partial charge >= 0.3 is 0 Å². The highest BCUT2D eigenvalue weighted by molar-refractivity contribution is 14.0. The summed E-state index contributed by atoms with van der Waals surface area (Å²) in [5.74, 6) is 2.57. The van der Waals surface area contributed by atoms with E-state index in [0.717, 1.165) is 70.5 Å². The molecule has 2 N–H and O–H groups in total. The molecular weight excluding hydrogens is 477 g/mol. The predicted molar refractivity (Wildman–Crippen MR) is 131 cm³/mol. The summed E-state index contributed by atoms with van der Waals surface area (Å²) >= 11 is 0. The molecule has 168 valence electrons. The highest BCUT2D eigenvalue weighted by Gasteiger charge is 2.29. The quantitative estimate of drug-likeness (QED) is 0.322. The number of rotatable bonds is 6. The van der Waals surface area contributed by atoms with Crippen LogP contribution in [0.2, 0.25) is 0 Å². The summed E-state index contributed by atoms with van der Waals surface area (Å²) < 4.78 is 0. The van der Waals surface area contributed by atoms with Crippen molar-refractivity contribution in [3.63, 3.8) is 0 Å². The normalized spacial score (nSPS) is 26.8. The largest absolute Gasteiger partial charge is 0.357 e. The van der Waals surface area contributed by atoms with Crippen LogP contribution in [0.5, 0.6) is 0 Å². The molecule has 1 aliphatic heterocycles. The Labute approximate surface area is 194 Å². The van der Waals surface area contributed by atoms with E-state index >= 15 is 0 Å². The third-order valence-corrected chi connectivity index (χ3v) is 6.78. The van der Waals surface area contributed by atoms with Crippen LogP contribution in [0.3, 0.4) is 0 Å². The van der Waals surface area contributed by atoms with E-state index in [-0.39, 0.29) is 24.0 Å². The standard InChI is InChI=1S/C22H41N5O.HI/c1-3-23-22(25-20-10-8-18(2)9-11-20)24-12-13-26-14-16-27(17-15-26)21(28)19-6-4-5-7-19;/h18-20H,3-17H2,1-2H3,(H2,23,24,25);1H. The summed E-state index contributed by atoms with van der Waals surface area (Å²) in [6.45, 7) is 10.9. The van der Waals surface area contributed by atoms with Gasteiger partial charge in [-0.2, -0.15) is 0 Å². The summed E-state index contributed by atoms with van der Waals surface area (Å²) in [6, 6.07) is 0.569. The van der Waals surface area contributed by atoms with Crippen LogP contribution in [0.4, 0.5) is 0 Å². The Hall–Kier alpha value is -0.570. The molecule has 2 saturated carbocycles. The molecule has 0 unspecified atom stereocenters. The molecule has 0 bridgehead atoms. The number of aliphatic imine (C=N–C) groups is 1. The number of nitrogens with one attached hydrogen (secondary N) is 2. The number of guanidine groups is 1. The maximum Gasteiger partial charge on any atom is 0.225 e. The van der Waals surface area contributed by atoms with Gasteiger partial charge in [0.05, 0.1) is 6.54 Å². The van der Waals surface area contributed by atoms with Crippen LogP contribution in [0.25, 0.3) is 0 Å². The van der Waals surface area contributed by atoms with E-state index in [0.29, 0.717) is 17.9 Å². The van der Waals surface area contributed by atoms with Gasteiger partial charge in [-0.15, -0.1) is 24.0 Å². The summed E-state index contributed by atoms with van der Waals surface area (Å²) in [5.41, 5.74) is 0. The molecular formula is C22H42IN5O. The number of hydrogen-bond acceptors (Lipinski definition) is 3. The van der Waals surface area contributed by atoms with Crippen molar-refractivity contribution in [1.82, 2.24) is 20.4 Å². The second-order valence-corrected chi connectivity index (χ2v) is 9.01. The van der Waals surface area contributed by atoms with Crippen molar-refractivity contribution < 1.29 is 4.79 Å². The van der Waals surface area contributed by atoms with Gasteiger partial charge < -0.3 is 15.5 Å². The van der Waals surface area contributed by atoms with Crippen molar-refractivity contribution in [2.45, 2.75) is 71.3 Å². The van der Waals surface area contributed by atoms with Gasteiger partial charge in [-0.25, -0.2) is 0 Å². The molecule has 1 saturated heterocycles. The highest BCUT2D eigenvalue weighted by atomic mass is 127. The highest BCUT2D eigenvalue weighted by Crippen LogP contribution is 2.27. The maximum absolute atomic E-state index is 12.6. The zero-order chi connectivity index (χ0) is 19.8. The van der Waals surface area contributed by atoms with Gasteiger partial charge in [0.1, 0.15) is 0 Å². The van der Waals surface area contributed by atoms with Gasteiger partial charge in [0.2, 0.25) is 5.91 Å². The Morgan fingerprint density at radius 2 is 1.66 bits per heavy atom. The fraction of sp³-hybridized carbons (Fsp3) is 0.909. The zero-order valence-corrected chi connectivity index (χ0v) is 20.8. The van der Waals surface area contributed by atoms with Gasteiger partial charge in [-0.3, -0.25) is 14.7 Å². The maximum atomic E-state index is 12.6. The minimum absolute atomic E-state index is 0. The number of piperazine rings is 1. The molecule has 0 aromatic carbocycles. The molecule has 6 nitrogen and oxygen atoms in total. The van der Waals surface area contributed by atoms with Gasteiger partial charge in [0.15, 0.2) is 5.96 Å². The molecule has 0 atom stereocenters. The third kappa shape index (κ3) is 7.89. The van der Waals surface area contributed by atoms with E-state index in [1.54, 1.807) is 0 Å². The second kappa shape index (κ2) is 13.0. The monoisotopic (exact) mass is 519 g/mol. The SMILES string of the molecule is CCNC(=NCCN1CCN(C(=O)C2CCCC2)CC1)NC1CCC(C)CC1.I. The Morgan fingerprint density at radius 1 is 1.00 bits per heavy atom. The molecule has 2 aliphatic carbocycles. The van der Waals surface area contributed by atoms with Crippen LogP contribution in [0.1, 0.15) is 65.2 Å². The Balaban J connectivity index is 0.00000300. The molecule has 0 radical (unpaired) electrons. The smallest absolute Gasteiger partial charge is 0.225 e. The molecule has 0 spiro atoms. The fourth-order valence-electron chi connectivity index (χ4n) is 4.84. The van der Waals surface area contributed by atoms with Crippen LogP contribution >= 0.6 is 24.0 Å². The van der Waals surface area contributed by atoms with Crippen molar-refractivity contribution in [2.75, 3.05) is 45.8 Å². The lowest BCUT2D eigenvalue weighted by atomic mass is 9.87. The Morgan fingerprint density at radius 3 is 2.28 bits per heavy atom. The van der Waals surface area contributed by atoms with E-state index in [1.165, 1.54) is 38.5 Å². The average molecular weight is 520 g/mol. The van der Waals surface area contributed by atoms with Crippen molar-refractivity contribution in [2.24, 2.45) is 16.8 Å². The number of amides is 1. The molecule has 1 amide bonds. The molecule has 0 aromatic heterocycles. The Kier molecular flexibility index (Phi) is 11.0. The van der Waals surface area contributed by atoms with Crippen LogP contribution < -0.4 is 10.6 Å². The summed E-state index contributed by atoms with van der Waals surface area (Å²) in [7, 11) is 0. The van der Waals surface area contributed by atoms with E-state index in [4.69, 9.17) is 4.99 Å². The summed E-state index contributed by atoms with van der Waals surface area (Å²) in [5, 5.41) is 7.04. The lowest BCUT2D eigenvalue weighted by molar-refractivity contribution is -0.137. The first kappa shape index (κ1) is 24.7. The van der Waals surface area contributed by atoms with Crippen molar-refractivity contribution in [1.29, 1.82) is 0 Å². The summed E-state index contributed by atoms with van der Waals surface area (Å²) in [4.78, 5) is 21.9. The van der Waals surface area contributed by atoms with Crippen LogP contribution in [-0.2, 0) is 4.79 Å². The van der Waals surface area contributed by atoms with Gasteiger partial charge in [-0.1, -0.05) is 19.8 Å². The Bertz CT molecular complexity index is 507. The third-order valence-electron chi connectivity index (χ3n) is 6.78. The molecule has 7 heteroatoms. The van der Waals surface area contributed by atoms with Crippen molar-refractivity contribution >= 4 is 35.8 Å². The van der Waals surface area contributed by atoms with Crippen LogP contribution in [0.15, 0.2) is 4.99 Å². The number of carbonyl (C=O) groups excluding carboxylic acids is 1.